The fourth-order valence-electron chi connectivity index (χ4n) is 4.84. The highest BCUT2D eigenvalue weighted by Crippen LogP contribution is 2.30. The van der Waals surface area contributed by atoms with E-state index in [1.807, 2.05) is 25.1 Å². The minimum absolute atomic E-state index is 0.109. The van der Waals surface area contributed by atoms with Crippen LogP contribution in [0.4, 0.5) is 8.78 Å². The number of halogens is 2. The van der Waals surface area contributed by atoms with Crippen LogP contribution in [0.1, 0.15) is 117 Å². The van der Waals surface area contributed by atoms with E-state index in [4.69, 9.17) is 0 Å². The second kappa shape index (κ2) is 15.6. The molecule has 0 aliphatic heterocycles. The molecule has 4 rings (SSSR count). The van der Waals surface area contributed by atoms with Gasteiger partial charge in [0, 0.05) is 0 Å². The first-order chi connectivity index (χ1) is 19.5. The fourth-order valence-corrected chi connectivity index (χ4v) is 4.84. The molecule has 1 aliphatic rings. The van der Waals surface area contributed by atoms with Gasteiger partial charge in [0.05, 0.1) is 0 Å². The molecule has 0 unspecified atom stereocenters. The molecule has 0 saturated heterocycles. The lowest BCUT2D eigenvalue weighted by Crippen LogP contribution is -2.12. The van der Waals surface area contributed by atoms with Crippen molar-refractivity contribution in [1.29, 1.82) is 0 Å². The van der Waals surface area contributed by atoms with Crippen molar-refractivity contribution in [2.24, 2.45) is 5.41 Å². The minimum atomic E-state index is -0.169. The highest BCUT2D eigenvalue weighted by Gasteiger charge is 2.17. The van der Waals surface area contributed by atoms with Crippen LogP contribution < -0.4 is 0 Å². The SMILES string of the molecule is CC(C)(C)C1=CC=CC1.CC(C)(C)c1ccc(F)cc1.Cc1cc(F)ccc1C(C)(C)C.Cc1ccccc1C(C)(C)C. The summed E-state index contributed by atoms with van der Waals surface area (Å²) in [4.78, 5) is 0. The maximum Gasteiger partial charge on any atom is 0.123 e. The molecule has 3 aromatic carbocycles. The van der Waals surface area contributed by atoms with Gasteiger partial charge in [-0.05, 0) is 94.0 Å². The zero-order valence-electron chi connectivity index (χ0n) is 29.5. The number of rotatable bonds is 0. The zero-order chi connectivity index (χ0) is 33.2. The van der Waals surface area contributed by atoms with Crippen molar-refractivity contribution >= 4 is 0 Å². The van der Waals surface area contributed by atoms with Gasteiger partial charge in [-0.1, -0.05) is 149 Å². The second-order valence-electron chi connectivity index (χ2n) is 15.6. The Balaban J connectivity index is 0.000000288. The van der Waals surface area contributed by atoms with E-state index < -0.39 is 0 Å². The van der Waals surface area contributed by atoms with Gasteiger partial charge in [0.25, 0.3) is 0 Å². The Morgan fingerprint density at radius 1 is 0.512 bits per heavy atom. The lowest BCUT2D eigenvalue weighted by molar-refractivity contribution is 0.496. The number of aryl methyl sites for hydroxylation is 2. The largest absolute Gasteiger partial charge is 0.207 e. The van der Waals surface area contributed by atoms with Crippen molar-refractivity contribution in [1.82, 2.24) is 0 Å². The van der Waals surface area contributed by atoms with E-state index in [1.165, 1.54) is 40.5 Å². The molecule has 0 aromatic heterocycles. The normalized spacial score (nSPS) is 13.1. The molecular weight excluding hydrogens is 530 g/mol. The predicted molar refractivity (Wildman–Crippen MR) is 186 cm³/mol. The van der Waals surface area contributed by atoms with Crippen molar-refractivity contribution in [3.8, 4) is 0 Å². The van der Waals surface area contributed by atoms with Gasteiger partial charge >= 0.3 is 0 Å². The summed E-state index contributed by atoms with van der Waals surface area (Å²) in [7, 11) is 0. The Bertz CT molecular complexity index is 1330. The van der Waals surface area contributed by atoms with E-state index in [0.717, 1.165) is 12.0 Å². The topological polar surface area (TPSA) is 0 Å². The van der Waals surface area contributed by atoms with Gasteiger partial charge in [0.1, 0.15) is 11.6 Å². The summed E-state index contributed by atoms with van der Waals surface area (Å²) < 4.78 is 25.2. The van der Waals surface area contributed by atoms with Gasteiger partial charge in [0.2, 0.25) is 0 Å². The molecule has 2 heteroatoms. The number of benzene rings is 3. The molecule has 3 aromatic rings. The summed E-state index contributed by atoms with van der Waals surface area (Å²) >= 11 is 0. The van der Waals surface area contributed by atoms with Gasteiger partial charge in [0.15, 0.2) is 0 Å². The van der Waals surface area contributed by atoms with E-state index in [2.05, 4.69) is 133 Å². The molecule has 0 bridgehead atoms. The minimum Gasteiger partial charge on any atom is -0.207 e. The van der Waals surface area contributed by atoms with Crippen molar-refractivity contribution in [2.75, 3.05) is 0 Å². The molecule has 1 aliphatic carbocycles. The summed E-state index contributed by atoms with van der Waals surface area (Å²) in [6.07, 6.45) is 7.73. The highest BCUT2D eigenvalue weighted by atomic mass is 19.1. The predicted octanol–water partition coefficient (Wildman–Crippen LogP) is 12.8. The van der Waals surface area contributed by atoms with E-state index in [9.17, 15) is 8.78 Å². The van der Waals surface area contributed by atoms with Crippen LogP contribution in [0.25, 0.3) is 0 Å². The smallest absolute Gasteiger partial charge is 0.123 e. The molecule has 236 valence electrons. The van der Waals surface area contributed by atoms with Crippen LogP contribution in [-0.2, 0) is 16.2 Å². The average Bonchev–Trinajstić information content (AvgIpc) is 3.40. The number of hydrogen-bond acceptors (Lipinski definition) is 0. The van der Waals surface area contributed by atoms with E-state index >= 15 is 0 Å². The van der Waals surface area contributed by atoms with Crippen LogP contribution in [0.3, 0.4) is 0 Å². The standard InChI is InChI=1S/C11H15F.C11H16.C10H13F.C9H14/c1-8-7-9(12)5-6-10(8)11(2,3)4;1-9-7-5-6-8-10(9)11(2,3)4;1-10(2,3)8-4-6-9(11)7-5-8;1-9(2,3)8-6-4-5-7-8/h5-7H,1-4H3;5-8H,1-4H3;4-7H,1-3H3;4-6H,7H2,1-3H3. The summed E-state index contributed by atoms with van der Waals surface area (Å²) in [5.74, 6) is -0.321. The third-order valence-electron chi connectivity index (χ3n) is 7.39. The Morgan fingerprint density at radius 2 is 1.00 bits per heavy atom. The molecule has 0 fully saturated rings. The van der Waals surface area contributed by atoms with Crippen molar-refractivity contribution < 1.29 is 8.78 Å². The van der Waals surface area contributed by atoms with Gasteiger partial charge in [-0.25, -0.2) is 8.78 Å². The van der Waals surface area contributed by atoms with Gasteiger partial charge in [-0.15, -0.1) is 0 Å². The molecule has 0 atom stereocenters. The van der Waals surface area contributed by atoms with E-state index in [-0.39, 0.29) is 27.9 Å². The second-order valence-corrected chi connectivity index (χ2v) is 15.6. The maximum absolute atomic E-state index is 12.7. The molecule has 0 nitrogen and oxygen atoms in total. The summed E-state index contributed by atoms with van der Waals surface area (Å²) in [6.45, 7) is 30.3. The van der Waals surface area contributed by atoms with Crippen LogP contribution in [0, 0.1) is 30.9 Å². The van der Waals surface area contributed by atoms with Crippen LogP contribution in [0.15, 0.2) is 90.5 Å². The Morgan fingerprint density at radius 3 is 1.35 bits per heavy atom. The average molecular weight is 589 g/mol. The molecule has 0 radical (unpaired) electrons. The molecule has 0 saturated carbocycles. The van der Waals surface area contributed by atoms with Gasteiger partial charge in [-0.3, -0.25) is 0 Å². The Hall–Kier alpha value is -3.00. The number of hydrogen-bond donors (Lipinski definition) is 0. The van der Waals surface area contributed by atoms with Crippen molar-refractivity contribution in [3.63, 3.8) is 0 Å². The highest BCUT2D eigenvalue weighted by molar-refractivity contribution is 5.32. The van der Waals surface area contributed by atoms with E-state index in [1.54, 1.807) is 11.6 Å². The van der Waals surface area contributed by atoms with Crippen LogP contribution in [0.5, 0.6) is 0 Å². The first-order valence-corrected chi connectivity index (χ1v) is 15.5. The summed E-state index contributed by atoms with van der Waals surface area (Å²) in [5, 5.41) is 0. The van der Waals surface area contributed by atoms with Gasteiger partial charge in [-0.2, -0.15) is 0 Å². The molecule has 0 spiro atoms. The zero-order valence-corrected chi connectivity index (χ0v) is 29.5. The summed E-state index contributed by atoms with van der Waals surface area (Å²) in [5.41, 5.74) is 8.67. The lowest BCUT2D eigenvalue weighted by atomic mass is 9.84. The Labute approximate surface area is 263 Å². The fraction of sp³-hybridized carbons (Fsp3) is 0.463. The lowest BCUT2D eigenvalue weighted by Gasteiger charge is -2.21. The number of allylic oxidation sites excluding steroid dienone is 4. The van der Waals surface area contributed by atoms with Crippen molar-refractivity contribution in [3.05, 3.63) is 130 Å². The quantitative estimate of drug-likeness (QED) is 0.245. The molecular formula is C41H58F2. The van der Waals surface area contributed by atoms with Crippen LogP contribution >= 0.6 is 0 Å². The van der Waals surface area contributed by atoms with E-state index in [0.29, 0.717) is 5.41 Å². The van der Waals surface area contributed by atoms with Crippen LogP contribution in [-0.4, -0.2) is 0 Å². The monoisotopic (exact) mass is 588 g/mol. The molecule has 0 amide bonds. The first kappa shape index (κ1) is 38.0. The first-order valence-electron chi connectivity index (χ1n) is 15.5. The molecule has 43 heavy (non-hydrogen) atoms. The van der Waals surface area contributed by atoms with Crippen LogP contribution in [0.2, 0.25) is 0 Å². The summed E-state index contributed by atoms with van der Waals surface area (Å²) in [6, 6.07) is 20.2. The third kappa shape index (κ3) is 13.9. The Kier molecular flexibility index (Phi) is 13.8. The third-order valence-corrected chi connectivity index (χ3v) is 7.39. The van der Waals surface area contributed by atoms with Gasteiger partial charge < -0.3 is 0 Å². The van der Waals surface area contributed by atoms with Crippen molar-refractivity contribution in [2.45, 2.75) is 120 Å². The molecule has 0 N–H and O–H groups in total. The molecule has 0 heterocycles. The maximum atomic E-state index is 12.7.